The quantitative estimate of drug-likeness (QED) is 0.782. The first-order chi connectivity index (χ1) is 6.79. The predicted octanol–water partition coefficient (Wildman–Crippen LogP) is 1.19. The molecule has 1 aromatic rings. The Morgan fingerprint density at radius 3 is 3.00 bits per heavy atom. The first-order valence-electron chi connectivity index (χ1n) is 5.39. The average Bonchev–Trinajstić information content (AvgIpc) is 2.57. The molecule has 0 amide bonds. The van der Waals surface area contributed by atoms with Crippen LogP contribution < -0.4 is 5.32 Å². The Labute approximate surface area is 84.7 Å². The molecule has 4 heteroatoms. The monoisotopic (exact) mass is 194 g/mol. The van der Waals surface area contributed by atoms with Gasteiger partial charge >= 0.3 is 0 Å². The van der Waals surface area contributed by atoms with E-state index in [-0.39, 0.29) is 0 Å². The Bertz CT molecular complexity index is 288. The van der Waals surface area contributed by atoms with Crippen molar-refractivity contribution in [2.24, 2.45) is 5.92 Å². The molecule has 0 saturated heterocycles. The highest BCUT2D eigenvalue weighted by molar-refractivity contribution is 4.88. The van der Waals surface area contributed by atoms with E-state index in [1.54, 1.807) is 6.33 Å². The van der Waals surface area contributed by atoms with E-state index in [4.69, 9.17) is 0 Å². The van der Waals surface area contributed by atoms with Crippen LogP contribution in [0.1, 0.15) is 32.5 Å². The van der Waals surface area contributed by atoms with Crippen LogP contribution in [0.2, 0.25) is 0 Å². The number of aromatic nitrogens is 3. The van der Waals surface area contributed by atoms with Crippen LogP contribution in [0.25, 0.3) is 0 Å². The molecule has 0 radical (unpaired) electrons. The first-order valence-corrected chi connectivity index (χ1v) is 5.39. The van der Waals surface area contributed by atoms with Crippen molar-refractivity contribution in [1.29, 1.82) is 0 Å². The molecule has 0 aromatic carbocycles. The van der Waals surface area contributed by atoms with Gasteiger partial charge < -0.3 is 5.32 Å². The summed E-state index contributed by atoms with van der Waals surface area (Å²) in [6.45, 7) is 6.14. The molecule has 1 fully saturated rings. The van der Waals surface area contributed by atoms with Crippen molar-refractivity contribution in [2.75, 3.05) is 0 Å². The predicted molar refractivity (Wildman–Crippen MR) is 54.7 cm³/mol. The van der Waals surface area contributed by atoms with Crippen LogP contribution in [0.5, 0.6) is 0 Å². The maximum Gasteiger partial charge on any atom is 0.140 e. The second-order valence-electron chi connectivity index (χ2n) is 4.15. The van der Waals surface area contributed by atoms with E-state index in [9.17, 15) is 0 Å². The van der Waals surface area contributed by atoms with Crippen molar-refractivity contribution in [3.05, 3.63) is 12.2 Å². The van der Waals surface area contributed by atoms with Gasteiger partial charge in [0.2, 0.25) is 0 Å². The lowest BCUT2D eigenvalue weighted by molar-refractivity contribution is 0.238. The Morgan fingerprint density at radius 2 is 2.36 bits per heavy atom. The molecule has 2 rings (SSSR count). The van der Waals surface area contributed by atoms with Gasteiger partial charge in [-0.3, -0.25) is 0 Å². The summed E-state index contributed by atoms with van der Waals surface area (Å²) in [6, 6.07) is 0.701. The fourth-order valence-electron chi connectivity index (χ4n) is 1.99. The molecule has 14 heavy (non-hydrogen) atoms. The van der Waals surface area contributed by atoms with Crippen LogP contribution in [0.4, 0.5) is 0 Å². The Balaban J connectivity index is 1.80. The van der Waals surface area contributed by atoms with Gasteiger partial charge in [0.05, 0.1) is 6.54 Å². The molecule has 4 nitrogen and oxygen atoms in total. The molecule has 78 valence electrons. The van der Waals surface area contributed by atoms with Crippen LogP contribution in [0.15, 0.2) is 6.33 Å². The average molecular weight is 194 g/mol. The molecule has 1 aliphatic carbocycles. The lowest BCUT2D eigenvalue weighted by atomic mass is 9.82. The second kappa shape index (κ2) is 4.09. The van der Waals surface area contributed by atoms with Crippen LogP contribution >= 0.6 is 0 Å². The SMILES string of the molecule is CCn1ncnc1CNC1CC(C)C1. The third kappa shape index (κ3) is 1.95. The van der Waals surface area contributed by atoms with Crippen LogP contribution in [0, 0.1) is 5.92 Å². The molecule has 1 saturated carbocycles. The van der Waals surface area contributed by atoms with E-state index < -0.39 is 0 Å². The van der Waals surface area contributed by atoms with Gasteiger partial charge in [-0.05, 0) is 25.7 Å². The zero-order chi connectivity index (χ0) is 9.97. The van der Waals surface area contributed by atoms with Gasteiger partial charge in [0.15, 0.2) is 0 Å². The van der Waals surface area contributed by atoms with Crippen LogP contribution in [0.3, 0.4) is 0 Å². The van der Waals surface area contributed by atoms with Gasteiger partial charge in [-0.15, -0.1) is 0 Å². The fourth-order valence-corrected chi connectivity index (χ4v) is 1.99. The number of aryl methyl sites for hydroxylation is 1. The van der Waals surface area contributed by atoms with E-state index in [0.717, 1.165) is 24.8 Å². The summed E-state index contributed by atoms with van der Waals surface area (Å²) in [4.78, 5) is 4.23. The minimum atomic E-state index is 0.701. The Morgan fingerprint density at radius 1 is 1.57 bits per heavy atom. The molecule has 0 unspecified atom stereocenters. The smallest absolute Gasteiger partial charge is 0.140 e. The van der Waals surface area contributed by atoms with Crippen LogP contribution in [-0.4, -0.2) is 20.8 Å². The van der Waals surface area contributed by atoms with Crippen molar-refractivity contribution >= 4 is 0 Å². The zero-order valence-electron chi connectivity index (χ0n) is 8.90. The molecule has 0 aliphatic heterocycles. The van der Waals surface area contributed by atoms with Gasteiger partial charge in [-0.25, -0.2) is 9.67 Å². The molecule has 1 aromatic heterocycles. The van der Waals surface area contributed by atoms with Crippen molar-refractivity contribution in [3.8, 4) is 0 Å². The zero-order valence-corrected chi connectivity index (χ0v) is 8.90. The number of rotatable bonds is 4. The molecular weight excluding hydrogens is 176 g/mol. The van der Waals surface area contributed by atoms with Gasteiger partial charge in [0, 0.05) is 12.6 Å². The fraction of sp³-hybridized carbons (Fsp3) is 0.800. The van der Waals surface area contributed by atoms with Crippen molar-refractivity contribution in [1.82, 2.24) is 20.1 Å². The van der Waals surface area contributed by atoms with Crippen LogP contribution in [-0.2, 0) is 13.1 Å². The van der Waals surface area contributed by atoms with E-state index in [2.05, 4.69) is 29.2 Å². The molecule has 1 aliphatic rings. The Hall–Kier alpha value is -0.900. The van der Waals surface area contributed by atoms with E-state index in [1.807, 2.05) is 4.68 Å². The summed E-state index contributed by atoms with van der Waals surface area (Å²) < 4.78 is 1.94. The van der Waals surface area contributed by atoms with Crippen molar-refractivity contribution < 1.29 is 0 Å². The Kier molecular flexibility index (Phi) is 2.82. The highest BCUT2D eigenvalue weighted by Crippen LogP contribution is 2.26. The standard InChI is InChI=1S/C10H18N4/c1-3-14-10(12-7-13-14)6-11-9-4-8(2)5-9/h7-9,11H,3-6H2,1-2H3. The van der Waals surface area contributed by atoms with E-state index in [1.165, 1.54) is 12.8 Å². The number of nitrogens with one attached hydrogen (secondary N) is 1. The highest BCUT2D eigenvalue weighted by atomic mass is 15.3. The second-order valence-corrected chi connectivity index (χ2v) is 4.15. The summed E-state index contributed by atoms with van der Waals surface area (Å²) >= 11 is 0. The topological polar surface area (TPSA) is 42.7 Å². The summed E-state index contributed by atoms with van der Waals surface area (Å²) in [7, 11) is 0. The van der Waals surface area contributed by atoms with Gasteiger partial charge in [0.1, 0.15) is 12.2 Å². The molecule has 0 bridgehead atoms. The van der Waals surface area contributed by atoms with Crippen molar-refractivity contribution in [3.63, 3.8) is 0 Å². The maximum atomic E-state index is 4.23. The lowest BCUT2D eigenvalue weighted by Gasteiger charge is -2.33. The largest absolute Gasteiger partial charge is 0.307 e. The van der Waals surface area contributed by atoms with Gasteiger partial charge in [-0.2, -0.15) is 5.10 Å². The maximum absolute atomic E-state index is 4.23. The summed E-state index contributed by atoms with van der Waals surface area (Å²) in [5, 5.41) is 7.64. The molecule has 1 N–H and O–H groups in total. The molecular formula is C10H18N4. The number of hydrogen-bond donors (Lipinski definition) is 1. The third-order valence-corrected chi connectivity index (χ3v) is 2.92. The molecule has 0 atom stereocenters. The lowest BCUT2D eigenvalue weighted by Crippen LogP contribution is -2.40. The first kappa shape index (κ1) is 9.65. The van der Waals surface area contributed by atoms with Crippen molar-refractivity contribution in [2.45, 2.75) is 45.8 Å². The highest BCUT2D eigenvalue weighted by Gasteiger charge is 2.24. The number of hydrogen-bond acceptors (Lipinski definition) is 3. The minimum Gasteiger partial charge on any atom is -0.307 e. The summed E-state index contributed by atoms with van der Waals surface area (Å²) in [5.41, 5.74) is 0. The normalized spacial score (nSPS) is 26.1. The van der Waals surface area contributed by atoms with Gasteiger partial charge in [-0.1, -0.05) is 6.92 Å². The minimum absolute atomic E-state index is 0.701. The van der Waals surface area contributed by atoms with E-state index >= 15 is 0 Å². The molecule has 0 spiro atoms. The number of nitrogens with zero attached hydrogens (tertiary/aromatic N) is 3. The summed E-state index contributed by atoms with van der Waals surface area (Å²) in [6.07, 6.45) is 4.24. The molecule has 1 heterocycles. The van der Waals surface area contributed by atoms with E-state index in [0.29, 0.717) is 6.04 Å². The summed E-state index contributed by atoms with van der Waals surface area (Å²) in [5.74, 6) is 1.95. The van der Waals surface area contributed by atoms with Gasteiger partial charge in [0.25, 0.3) is 0 Å². The third-order valence-electron chi connectivity index (χ3n) is 2.92.